The van der Waals surface area contributed by atoms with E-state index in [-0.39, 0.29) is 3.38 Å². The van der Waals surface area contributed by atoms with Gasteiger partial charge in [-0.25, -0.2) is 0 Å². The number of halogens is 2. The van der Waals surface area contributed by atoms with Gasteiger partial charge in [0.2, 0.25) is 0 Å². The molecule has 1 rings (SSSR count). The van der Waals surface area contributed by atoms with Crippen molar-refractivity contribution >= 4 is 34.2 Å². The Labute approximate surface area is 72.6 Å². The van der Waals surface area contributed by atoms with Crippen LogP contribution in [0.1, 0.15) is 8.95 Å². The van der Waals surface area contributed by atoms with E-state index in [1.54, 1.807) is 12.4 Å². The lowest BCUT2D eigenvalue weighted by Gasteiger charge is -1.96. The average Bonchev–Trinajstić information content (AvgIpc) is 1.90. The van der Waals surface area contributed by atoms with E-state index in [1.165, 1.54) is 0 Å². The summed E-state index contributed by atoms with van der Waals surface area (Å²) in [4.78, 5) is 3.92. The summed E-state index contributed by atoms with van der Waals surface area (Å²) in [6.07, 6.45) is 3.50. The number of aromatic nitrogens is 1. The van der Waals surface area contributed by atoms with Gasteiger partial charge in [-0.1, -0.05) is 28.7 Å². The summed E-state index contributed by atoms with van der Waals surface area (Å²) in [5.41, 5.74) is 1.06. The number of pyridine rings is 1. The van der Waals surface area contributed by atoms with Crippen LogP contribution in [0.2, 0.25) is 0 Å². The molecule has 0 aliphatic heterocycles. The zero-order valence-corrected chi connectivity index (χ0v) is 7.50. The standard InChI is InChI=1S/C6H5ClIN/c7-6(8)5-2-1-3-9-4-5/h1-4,6H. The molecule has 3 heteroatoms. The molecule has 0 aromatic carbocycles. The molecule has 9 heavy (non-hydrogen) atoms. The molecule has 1 aromatic rings. The minimum atomic E-state index is 0.0382. The van der Waals surface area contributed by atoms with Gasteiger partial charge in [0.05, 0.1) is 0 Å². The highest BCUT2D eigenvalue weighted by Gasteiger charge is 1.98. The Morgan fingerprint density at radius 2 is 2.44 bits per heavy atom. The van der Waals surface area contributed by atoms with Crippen LogP contribution in [-0.4, -0.2) is 4.98 Å². The summed E-state index contributed by atoms with van der Waals surface area (Å²) in [7, 11) is 0. The van der Waals surface area contributed by atoms with Gasteiger partial charge < -0.3 is 0 Å². The van der Waals surface area contributed by atoms with Crippen LogP contribution in [0.15, 0.2) is 24.5 Å². The highest BCUT2D eigenvalue weighted by molar-refractivity contribution is 14.1. The predicted molar refractivity (Wildman–Crippen MR) is 46.9 cm³/mol. The number of rotatable bonds is 1. The lowest BCUT2D eigenvalue weighted by atomic mass is 10.3. The van der Waals surface area contributed by atoms with Crippen molar-refractivity contribution in [3.8, 4) is 0 Å². The molecule has 1 unspecified atom stereocenters. The topological polar surface area (TPSA) is 12.9 Å². The van der Waals surface area contributed by atoms with Gasteiger partial charge in [-0.05, 0) is 11.6 Å². The van der Waals surface area contributed by atoms with E-state index in [0.717, 1.165) is 5.56 Å². The van der Waals surface area contributed by atoms with Crippen molar-refractivity contribution in [3.05, 3.63) is 30.1 Å². The highest BCUT2D eigenvalue weighted by Crippen LogP contribution is 2.25. The summed E-state index contributed by atoms with van der Waals surface area (Å²) < 4.78 is 0.0382. The normalized spacial score (nSPS) is 13.1. The Morgan fingerprint density at radius 3 is 2.78 bits per heavy atom. The van der Waals surface area contributed by atoms with Crippen LogP contribution in [0.25, 0.3) is 0 Å². The third kappa shape index (κ3) is 2.10. The quantitative estimate of drug-likeness (QED) is 0.554. The van der Waals surface area contributed by atoms with Crippen LogP contribution in [0, 0.1) is 0 Å². The van der Waals surface area contributed by atoms with E-state index in [4.69, 9.17) is 11.6 Å². The van der Waals surface area contributed by atoms with Crippen molar-refractivity contribution in [2.24, 2.45) is 0 Å². The van der Waals surface area contributed by atoms with E-state index >= 15 is 0 Å². The Balaban J connectivity index is 2.85. The van der Waals surface area contributed by atoms with Crippen LogP contribution in [-0.2, 0) is 0 Å². The molecule has 0 amide bonds. The zero-order valence-electron chi connectivity index (χ0n) is 4.59. The van der Waals surface area contributed by atoms with Gasteiger partial charge in [0, 0.05) is 12.4 Å². The van der Waals surface area contributed by atoms with Crippen LogP contribution in [0.3, 0.4) is 0 Å². The summed E-state index contributed by atoms with van der Waals surface area (Å²) in [5.74, 6) is 0. The maximum atomic E-state index is 5.75. The molecule has 1 nitrogen and oxygen atoms in total. The zero-order chi connectivity index (χ0) is 6.69. The largest absolute Gasteiger partial charge is 0.264 e. The summed E-state index contributed by atoms with van der Waals surface area (Å²) in [6.45, 7) is 0. The van der Waals surface area contributed by atoms with Gasteiger partial charge in [0.25, 0.3) is 0 Å². The SMILES string of the molecule is ClC(I)c1cccnc1. The Morgan fingerprint density at radius 1 is 1.67 bits per heavy atom. The first-order valence-electron chi connectivity index (χ1n) is 2.49. The van der Waals surface area contributed by atoms with E-state index in [0.29, 0.717) is 0 Å². The fraction of sp³-hybridized carbons (Fsp3) is 0.167. The second kappa shape index (κ2) is 3.37. The first-order chi connectivity index (χ1) is 4.30. The third-order valence-electron chi connectivity index (χ3n) is 0.936. The van der Waals surface area contributed by atoms with Gasteiger partial charge in [0.1, 0.15) is 3.38 Å². The molecule has 1 aromatic heterocycles. The molecule has 0 N–H and O–H groups in total. The molecular formula is C6H5ClIN. The minimum absolute atomic E-state index is 0.0382. The van der Waals surface area contributed by atoms with Gasteiger partial charge in [-0.3, -0.25) is 4.98 Å². The van der Waals surface area contributed by atoms with Crippen molar-refractivity contribution in [2.45, 2.75) is 3.38 Å². The summed E-state index contributed by atoms with van der Waals surface area (Å²) >= 11 is 7.88. The molecule has 0 radical (unpaired) electrons. The molecular weight excluding hydrogens is 248 g/mol. The van der Waals surface area contributed by atoms with Crippen LogP contribution >= 0.6 is 34.2 Å². The fourth-order valence-electron chi connectivity index (χ4n) is 0.505. The monoisotopic (exact) mass is 253 g/mol. The first-order valence-corrected chi connectivity index (χ1v) is 4.17. The molecule has 48 valence electrons. The van der Waals surface area contributed by atoms with Gasteiger partial charge in [-0.15, -0.1) is 11.6 Å². The molecule has 0 saturated carbocycles. The van der Waals surface area contributed by atoms with Crippen LogP contribution in [0.4, 0.5) is 0 Å². The molecule has 1 atom stereocenters. The van der Waals surface area contributed by atoms with E-state index in [2.05, 4.69) is 27.6 Å². The van der Waals surface area contributed by atoms with E-state index < -0.39 is 0 Å². The molecule has 0 aliphatic rings. The van der Waals surface area contributed by atoms with E-state index in [1.807, 2.05) is 12.1 Å². The van der Waals surface area contributed by atoms with Crippen molar-refractivity contribution < 1.29 is 0 Å². The Kier molecular flexibility index (Phi) is 2.72. The van der Waals surface area contributed by atoms with Crippen LogP contribution in [0.5, 0.6) is 0 Å². The van der Waals surface area contributed by atoms with Crippen LogP contribution < -0.4 is 0 Å². The Hall–Kier alpha value is 0.170. The molecule has 0 fully saturated rings. The summed E-state index contributed by atoms with van der Waals surface area (Å²) in [5, 5.41) is 0. The third-order valence-corrected chi connectivity index (χ3v) is 1.91. The number of nitrogens with zero attached hydrogens (tertiary/aromatic N) is 1. The summed E-state index contributed by atoms with van der Waals surface area (Å²) in [6, 6.07) is 3.83. The van der Waals surface area contributed by atoms with E-state index in [9.17, 15) is 0 Å². The van der Waals surface area contributed by atoms with Gasteiger partial charge in [-0.2, -0.15) is 0 Å². The average molecular weight is 253 g/mol. The molecule has 0 spiro atoms. The molecule has 1 heterocycles. The number of hydrogen-bond donors (Lipinski definition) is 0. The fourth-order valence-corrected chi connectivity index (χ4v) is 1.00. The van der Waals surface area contributed by atoms with Gasteiger partial charge in [0.15, 0.2) is 0 Å². The van der Waals surface area contributed by atoms with Gasteiger partial charge >= 0.3 is 0 Å². The lowest BCUT2D eigenvalue weighted by Crippen LogP contribution is -1.79. The van der Waals surface area contributed by atoms with Crippen molar-refractivity contribution in [2.75, 3.05) is 0 Å². The first kappa shape index (κ1) is 7.28. The highest BCUT2D eigenvalue weighted by atomic mass is 127. The second-order valence-corrected chi connectivity index (χ2v) is 4.01. The number of alkyl halides is 2. The van der Waals surface area contributed by atoms with Crippen molar-refractivity contribution in [1.29, 1.82) is 0 Å². The molecule has 0 bridgehead atoms. The number of hydrogen-bond acceptors (Lipinski definition) is 1. The second-order valence-electron chi connectivity index (χ2n) is 1.59. The maximum Gasteiger partial charge on any atom is 0.111 e. The Bertz CT molecular complexity index is 176. The lowest BCUT2D eigenvalue weighted by molar-refractivity contribution is 1.25. The van der Waals surface area contributed by atoms with Crippen molar-refractivity contribution in [3.63, 3.8) is 0 Å². The smallest absolute Gasteiger partial charge is 0.111 e. The maximum absolute atomic E-state index is 5.75. The van der Waals surface area contributed by atoms with Crippen molar-refractivity contribution in [1.82, 2.24) is 4.98 Å². The minimum Gasteiger partial charge on any atom is -0.264 e. The molecule has 0 aliphatic carbocycles. The molecule has 0 saturated heterocycles. The predicted octanol–water partition coefficient (Wildman–Crippen LogP) is 2.75.